The highest BCUT2D eigenvalue weighted by atomic mass is 16.5. The van der Waals surface area contributed by atoms with E-state index in [1.54, 1.807) is 7.11 Å². The van der Waals surface area contributed by atoms with Gasteiger partial charge < -0.3 is 14.4 Å². The Morgan fingerprint density at radius 2 is 2.31 bits per heavy atom. The number of aromatic nitrogens is 2. The van der Waals surface area contributed by atoms with Crippen LogP contribution >= 0.6 is 0 Å². The average molecular weight is 226 g/mol. The van der Waals surface area contributed by atoms with Crippen molar-refractivity contribution in [1.29, 1.82) is 0 Å². The molecular weight excluding hydrogens is 208 g/mol. The van der Waals surface area contributed by atoms with Crippen LogP contribution < -0.4 is 0 Å². The van der Waals surface area contributed by atoms with Crippen LogP contribution in [0.3, 0.4) is 0 Å². The zero-order chi connectivity index (χ0) is 11.5. The number of hydrogen-bond donors (Lipinski definition) is 1. The first-order valence-corrected chi connectivity index (χ1v) is 5.78. The zero-order valence-corrected chi connectivity index (χ0v) is 9.72. The molecule has 2 unspecified atom stereocenters. The minimum atomic E-state index is -0.407. The Morgan fingerprint density at radius 1 is 1.56 bits per heavy atom. The highest BCUT2D eigenvalue weighted by Crippen LogP contribution is 2.41. The van der Waals surface area contributed by atoms with E-state index in [0.29, 0.717) is 30.5 Å². The van der Waals surface area contributed by atoms with E-state index in [0.717, 1.165) is 0 Å². The van der Waals surface area contributed by atoms with Gasteiger partial charge in [-0.1, -0.05) is 12.1 Å². The van der Waals surface area contributed by atoms with E-state index in [4.69, 9.17) is 9.26 Å². The van der Waals surface area contributed by atoms with Crippen molar-refractivity contribution in [1.82, 2.24) is 10.1 Å². The summed E-state index contributed by atoms with van der Waals surface area (Å²) in [5, 5.41) is 13.4. The number of aliphatic hydroxyl groups excluding tert-OH is 1. The van der Waals surface area contributed by atoms with Crippen molar-refractivity contribution >= 4 is 0 Å². The predicted octanol–water partition coefficient (Wildman–Crippen LogP) is 1.48. The van der Waals surface area contributed by atoms with Crippen LogP contribution in [-0.2, 0) is 11.2 Å². The summed E-state index contributed by atoms with van der Waals surface area (Å²) in [4.78, 5) is 4.27. The topological polar surface area (TPSA) is 68.4 Å². The van der Waals surface area contributed by atoms with Gasteiger partial charge in [0.2, 0.25) is 11.7 Å². The molecule has 1 N–H and O–H groups in total. The van der Waals surface area contributed by atoms with Gasteiger partial charge in [-0.3, -0.25) is 0 Å². The van der Waals surface area contributed by atoms with Crippen molar-refractivity contribution in [2.24, 2.45) is 5.92 Å². The van der Waals surface area contributed by atoms with Crippen LogP contribution in [0.1, 0.15) is 44.0 Å². The lowest BCUT2D eigenvalue weighted by atomic mass is 10.2. The molecule has 0 saturated heterocycles. The SMILES string of the molecule is CCC(O)Cc1nc(C(OC)C2CC2)no1. The number of hydrogen-bond acceptors (Lipinski definition) is 5. The van der Waals surface area contributed by atoms with Crippen LogP contribution in [0, 0.1) is 5.92 Å². The first-order chi connectivity index (χ1) is 7.74. The van der Waals surface area contributed by atoms with E-state index in [1.807, 2.05) is 6.92 Å². The van der Waals surface area contributed by atoms with Crippen LogP contribution in [0.5, 0.6) is 0 Å². The summed E-state index contributed by atoms with van der Waals surface area (Å²) in [6, 6.07) is 0. The highest BCUT2D eigenvalue weighted by Gasteiger charge is 2.35. The standard InChI is InChI=1S/C11H18N2O3/c1-3-8(14)6-9-12-11(13-16-9)10(15-2)7-4-5-7/h7-8,10,14H,3-6H2,1-2H3. The maximum atomic E-state index is 9.48. The summed E-state index contributed by atoms with van der Waals surface area (Å²) >= 11 is 0. The molecule has 5 heteroatoms. The van der Waals surface area contributed by atoms with Gasteiger partial charge in [-0.25, -0.2) is 0 Å². The third-order valence-corrected chi connectivity index (χ3v) is 2.92. The second-order valence-corrected chi connectivity index (χ2v) is 4.31. The summed E-state index contributed by atoms with van der Waals surface area (Å²) in [7, 11) is 1.67. The normalized spacial score (nSPS) is 19.7. The minimum absolute atomic E-state index is 0.0451. The molecule has 0 bridgehead atoms. The zero-order valence-electron chi connectivity index (χ0n) is 9.72. The maximum Gasteiger partial charge on any atom is 0.229 e. The first-order valence-electron chi connectivity index (χ1n) is 5.78. The van der Waals surface area contributed by atoms with E-state index in [2.05, 4.69) is 10.1 Å². The molecule has 0 spiro atoms. The fraction of sp³-hybridized carbons (Fsp3) is 0.818. The number of methoxy groups -OCH3 is 1. The van der Waals surface area contributed by atoms with Crippen molar-refractivity contribution in [2.75, 3.05) is 7.11 Å². The van der Waals surface area contributed by atoms with Gasteiger partial charge in [0.15, 0.2) is 0 Å². The number of ether oxygens (including phenoxy) is 1. The summed E-state index contributed by atoms with van der Waals surface area (Å²) in [6.07, 6.45) is 2.99. The lowest BCUT2D eigenvalue weighted by molar-refractivity contribution is 0.0751. The quantitative estimate of drug-likeness (QED) is 0.795. The first kappa shape index (κ1) is 11.5. The molecule has 0 amide bonds. The molecule has 1 aliphatic carbocycles. The fourth-order valence-corrected chi connectivity index (χ4v) is 1.72. The second-order valence-electron chi connectivity index (χ2n) is 4.31. The Balaban J connectivity index is 2.00. The molecular formula is C11H18N2O3. The molecule has 1 aromatic heterocycles. The van der Waals surface area contributed by atoms with Crippen LogP contribution in [-0.4, -0.2) is 28.5 Å². The van der Waals surface area contributed by atoms with Gasteiger partial charge in [0, 0.05) is 7.11 Å². The molecule has 0 aliphatic heterocycles. The van der Waals surface area contributed by atoms with Crippen molar-refractivity contribution in [3.05, 3.63) is 11.7 Å². The Morgan fingerprint density at radius 3 is 2.88 bits per heavy atom. The number of aliphatic hydroxyl groups is 1. The van der Waals surface area contributed by atoms with Gasteiger partial charge in [0.1, 0.15) is 6.10 Å². The van der Waals surface area contributed by atoms with E-state index >= 15 is 0 Å². The average Bonchev–Trinajstić information content (AvgIpc) is 3.01. The third-order valence-electron chi connectivity index (χ3n) is 2.92. The number of nitrogens with zero attached hydrogens (tertiary/aromatic N) is 2. The number of rotatable bonds is 6. The Labute approximate surface area is 94.8 Å². The van der Waals surface area contributed by atoms with Crippen LogP contribution in [0.4, 0.5) is 0 Å². The molecule has 2 atom stereocenters. The van der Waals surface area contributed by atoms with Gasteiger partial charge in [-0.05, 0) is 25.2 Å². The molecule has 16 heavy (non-hydrogen) atoms. The van der Waals surface area contributed by atoms with Crippen molar-refractivity contribution < 1.29 is 14.4 Å². The second kappa shape index (κ2) is 4.93. The van der Waals surface area contributed by atoms with Gasteiger partial charge in [-0.15, -0.1) is 0 Å². The molecule has 1 aliphatic rings. The van der Waals surface area contributed by atoms with Crippen molar-refractivity contribution in [3.63, 3.8) is 0 Å². The summed E-state index contributed by atoms with van der Waals surface area (Å²) in [6.45, 7) is 1.92. The highest BCUT2D eigenvalue weighted by molar-refractivity contribution is 4.98. The smallest absolute Gasteiger partial charge is 0.229 e. The molecule has 0 aromatic carbocycles. The summed E-state index contributed by atoms with van der Waals surface area (Å²) < 4.78 is 10.5. The molecule has 2 rings (SSSR count). The predicted molar refractivity (Wildman–Crippen MR) is 56.8 cm³/mol. The molecule has 1 heterocycles. The maximum absolute atomic E-state index is 9.48. The summed E-state index contributed by atoms with van der Waals surface area (Å²) in [5.74, 6) is 1.64. The lowest BCUT2D eigenvalue weighted by Gasteiger charge is -2.08. The van der Waals surface area contributed by atoms with Gasteiger partial charge in [0.25, 0.3) is 0 Å². The minimum Gasteiger partial charge on any atom is -0.393 e. The van der Waals surface area contributed by atoms with Crippen LogP contribution in [0.2, 0.25) is 0 Å². The van der Waals surface area contributed by atoms with Gasteiger partial charge in [0.05, 0.1) is 12.5 Å². The molecule has 90 valence electrons. The Kier molecular flexibility index (Phi) is 3.56. The van der Waals surface area contributed by atoms with Crippen molar-refractivity contribution in [3.8, 4) is 0 Å². The van der Waals surface area contributed by atoms with Gasteiger partial charge in [-0.2, -0.15) is 4.98 Å². The Hall–Kier alpha value is -0.940. The van der Waals surface area contributed by atoms with E-state index in [9.17, 15) is 5.11 Å². The van der Waals surface area contributed by atoms with Crippen LogP contribution in [0.25, 0.3) is 0 Å². The molecule has 1 fully saturated rings. The third kappa shape index (κ3) is 2.59. The van der Waals surface area contributed by atoms with E-state index < -0.39 is 6.10 Å². The van der Waals surface area contributed by atoms with Crippen molar-refractivity contribution in [2.45, 2.75) is 44.8 Å². The molecule has 1 aromatic rings. The molecule has 5 nitrogen and oxygen atoms in total. The molecule has 1 saturated carbocycles. The van der Waals surface area contributed by atoms with Gasteiger partial charge >= 0.3 is 0 Å². The Bertz CT molecular complexity index is 336. The fourth-order valence-electron chi connectivity index (χ4n) is 1.72. The summed E-state index contributed by atoms with van der Waals surface area (Å²) in [5.41, 5.74) is 0. The van der Waals surface area contributed by atoms with E-state index in [-0.39, 0.29) is 6.10 Å². The monoisotopic (exact) mass is 226 g/mol. The largest absolute Gasteiger partial charge is 0.393 e. The molecule has 0 radical (unpaired) electrons. The lowest BCUT2D eigenvalue weighted by Crippen LogP contribution is -2.09. The van der Waals surface area contributed by atoms with Crippen LogP contribution in [0.15, 0.2) is 4.52 Å². The van der Waals surface area contributed by atoms with E-state index in [1.165, 1.54) is 12.8 Å².